The molecule has 2 heteroatoms. The van der Waals surface area contributed by atoms with Crippen LogP contribution in [0.1, 0.15) is 50.2 Å². The van der Waals surface area contributed by atoms with Crippen molar-refractivity contribution in [3.05, 3.63) is 100 Å². The molecule has 0 saturated heterocycles. The molecule has 2 nitrogen and oxygen atoms in total. The first-order chi connectivity index (χ1) is 14.6. The summed E-state index contributed by atoms with van der Waals surface area (Å²) in [6.45, 7) is 7.83. The monoisotopic (exact) mass is 395 g/mol. The summed E-state index contributed by atoms with van der Waals surface area (Å²) in [7, 11) is 0. The van der Waals surface area contributed by atoms with Gasteiger partial charge in [-0.05, 0) is 47.6 Å². The number of fused-ring (bicyclic) bond motifs is 6. The lowest BCUT2D eigenvalue weighted by molar-refractivity contribution is 0.239. The molecule has 6 rings (SSSR count). The van der Waals surface area contributed by atoms with Crippen molar-refractivity contribution in [3.63, 3.8) is 0 Å². The van der Waals surface area contributed by atoms with Crippen LogP contribution in [-0.2, 0) is 0 Å². The molecule has 4 atom stereocenters. The number of hydrogen-bond donors (Lipinski definition) is 0. The molecular formula is C28H29NO. The second-order valence-electron chi connectivity index (χ2n) is 9.56. The van der Waals surface area contributed by atoms with E-state index in [9.17, 15) is 0 Å². The number of allylic oxidation sites excluding steroid dienone is 6. The molecule has 3 heterocycles. The Morgan fingerprint density at radius 2 is 2.03 bits per heavy atom. The molecule has 1 aromatic carbocycles. The van der Waals surface area contributed by atoms with Crippen LogP contribution in [0.15, 0.2) is 89.2 Å². The number of ether oxygens (including phenoxy) is 1. The van der Waals surface area contributed by atoms with Gasteiger partial charge in [0.1, 0.15) is 11.9 Å². The van der Waals surface area contributed by atoms with Gasteiger partial charge in [0.05, 0.1) is 6.04 Å². The van der Waals surface area contributed by atoms with Crippen molar-refractivity contribution in [2.75, 3.05) is 6.54 Å². The quantitative estimate of drug-likeness (QED) is 0.593. The molecule has 3 aliphatic heterocycles. The van der Waals surface area contributed by atoms with E-state index in [0.29, 0.717) is 23.8 Å². The molecule has 0 amide bonds. The molecule has 2 aliphatic carbocycles. The Balaban J connectivity index is 1.35. The molecule has 0 N–H and O–H groups in total. The number of hydrogen-bond acceptors (Lipinski definition) is 2. The van der Waals surface area contributed by atoms with E-state index in [0.717, 1.165) is 18.7 Å². The summed E-state index contributed by atoms with van der Waals surface area (Å²) in [6, 6.07) is 7.19. The van der Waals surface area contributed by atoms with Gasteiger partial charge in [-0.2, -0.15) is 0 Å². The Morgan fingerprint density at radius 3 is 2.83 bits per heavy atom. The Kier molecular flexibility index (Phi) is 3.99. The predicted octanol–water partition coefficient (Wildman–Crippen LogP) is 6.18. The molecule has 0 bridgehead atoms. The van der Waals surface area contributed by atoms with Crippen LogP contribution in [0.4, 0.5) is 0 Å². The van der Waals surface area contributed by atoms with E-state index in [-0.39, 0.29) is 6.10 Å². The SMILES string of the molecule is CC1=CN2CC3=C(C4Oc5ccc(C6C=CC=CC6)cc5C4C=C3)C2C=C1C(C)C. The highest BCUT2D eigenvalue weighted by Crippen LogP contribution is 2.50. The lowest BCUT2D eigenvalue weighted by atomic mass is 9.80. The molecule has 1 aromatic rings. The van der Waals surface area contributed by atoms with Gasteiger partial charge in [-0.15, -0.1) is 0 Å². The Morgan fingerprint density at radius 1 is 1.13 bits per heavy atom. The zero-order valence-electron chi connectivity index (χ0n) is 18.0. The summed E-state index contributed by atoms with van der Waals surface area (Å²) in [5, 5.41) is 0. The van der Waals surface area contributed by atoms with E-state index in [2.05, 4.69) is 92.6 Å². The van der Waals surface area contributed by atoms with Crippen molar-refractivity contribution in [1.29, 1.82) is 0 Å². The fourth-order valence-corrected chi connectivity index (χ4v) is 5.89. The van der Waals surface area contributed by atoms with Gasteiger partial charge in [0.2, 0.25) is 0 Å². The van der Waals surface area contributed by atoms with Crippen molar-refractivity contribution in [2.24, 2.45) is 5.92 Å². The van der Waals surface area contributed by atoms with Crippen molar-refractivity contribution >= 4 is 0 Å². The highest BCUT2D eigenvalue weighted by molar-refractivity contribution is 5.57. The van der Waals surface area contributed by atoms with Crippen molar-refractivity contribution in [3.8, 4) is 5.75 Å². The zero-order valence-corrected chi connectivity index (χ0v) is 18.0. The third-order valence-electron chi connectivity index (χ3n) is 7.37. The van der Waals surface area contributed by atoms with Crippen molar-refractivity contribution in [1.82, 2.24) is 4.90 Å². The average molecular weight is 396 g/mol. The standard InChI is InChI=1S/C28H29NO/c1-17(2)23-14-25-27-21(16-29(25)15-18(23)3)9-11-22-24-13-20(19-7-5-4-6-8-19)10-12-26(24)30-28(22)27/h4-7,9-15,17,19,22,25,28H,8,16H2,1-3H3. The van der Waals surface area contributed by atoms with Crippen molar-refractivity contribution < 1.29 is 4.74 Å². The summed E-state index contributed by atoms with van der Waals surface area (Å²) in [5.41, 5.74) is 8.56. The van der Waals surface area contributed by atoms with E-state index >= 15 is 0 Å². The van der Waals surface area contributed by atoms with Gasteiger partial charge in [0.15, 0.2) is 0 Å². The third-order valence-corrected chi connectivity index (χ3v) is 7.37. The van der Waals surface area contributed by atoms with E-state index in [4.69, 9.17) is 4.74 Å². The van der Waals surface area contributed by atoms with Gasteiger partial charge in [0.25, 0.3) is 0 Å². The van der Waals surface area contributed by atoms with Gasteiger partial charge in [0, 0.05) is 35.7 Å². The summed E-state index contributed by atoms with van der Waals surface area (Å²) < 4.78 is 6.62. The second-order valence-corrected chi connectivity index (χ2v) is 9.56. The van der Waals surface area contributed by atoms with Crippen LogP contribution in [0.25, 0.3) is 0 Å². The van der Waals surface area contributed by atoms with Crippen molar-refractivity contribution in [2.45, 2.75) is 51.2 Å². The normalized spacial score (nSPS) is 30.6. The number of nitrogens with zero attached hydrogens (tertiary/aromatic N) is 1. The van der Waals surface area contributed by atoms with Crippen LogP contribution >= 0.6 is 0 Å². The molecule has 30 heavy (non-hydrogen) atoms. The van der Waals surface area contributed by atoms with Crippen LogP contribution in [-0.4, -0.2) is 23.6 Å². The molecule has 0 aromatic heterocycles. The number of benzene rings is 1. The molecule has 152 valence electrons. The fourth-order valence-electron chi connectivity index (χ4n) is 5.89. The minimum atomic E-state index is 0.128. The van der Waals surface area contributed by atoms with Gasteiger partial charge < -0.3 is 9.64 Å². The van der Waals surface area contributed by atoms with Gasteiger partial charge in [-0.3, -0.25) is 0 Å². The maximum Gasteiger partial charge on any atom is 0.133 e. The van der Waals surface area contributed by atoms with Crippen LogP contribution in [0, 0.1) is 5.92 Å². The molecule has 0 fully saturated rings. The maximum absolute atomic E-state index is 6.62. The van der Waals surface area contributed by atoms with Gasteiger partial charge in [-0.25, -0.2) is 0 Å². The summed E-state index contributed by atoms with van der Waals surface area (Å²) in [6.07, 6.45) is 19.7. The van der Waals surface area contributed by atoms with Crippen LogP contribution in [0.2, 0.25) is 0 Å². The minimum Gasteiger partial charge on any atom is -0.485 e. The topological polar surface area (TPSA) is 12.5 Å². The van der Waals surface area contributed by atoms with E-state index in [1.165, 1.54) is 33.4 Å². The Hall–Kier alpha value is -2.74. The smallest absolute Gasteiger partial charge is 0.133 e. The van der Waals surface area contributed by atoms with E-state index < -0.39 is 0 Å². The number of rotatable bonds is 2. The zero-order chi connectivity index (χ0) is 20.4. The predicted molar refractivity (Wildman–Crippen MR) is 123 cm³/mol. The van der Waals surface area contributed by atoms with Gasteiger partial charge >= 0.3 is 0 Å². The van der Waals surface area contributed by atoms with E-state index in [1.54, 1.807) is 0 Å². The maximum atomic E-state index is 6.62. The minimum absolute atomic E-state index is 0.128. The lowest BCUT2D eigenvalue weighted by Crippen LogP contribution is -2.35. The van der Waals surface area contributed by atoms with Crippen LogP contribution in [0.3, 0.4) is 0 Å². The van der Waals surface area contributed by atoms with Crippen LogP contribution in [0.5, 0.6) is 5.75 Å². The molecular weight excluding hydrogens is 366 g/mol. The summed E-state index contributed by atoms with van der Waals surface area (Å²) >= 11 is 0. The molecule has 0 spiro atoms. The molecule has 5 aliphatic rings. The van der Waals surface area contributed by atoms with Gasteiger partial charge in [-0.1, -0.05) is 68.5 Å². The average Bonchev–Trinajstić information content (AvgIpc) is 3.30. The van der Waals surface area contributed by atoms with Crippen LogP contribution < -0.4 is 4.74 Å². The lowest BCUT2D eigenvalue weighted by Gasteiger charge is -2.33. The first-order valence-corrected chi connectivity index (χ1v) is 11.3. The fraction of sp³-hybridized carbons (Fsp3) is 0.357. The molecule has 0 saturated carbocycles. The summed E-state index contributed by atoms with van der Waals surface area (Å²) in [5.74, 6) is 2.41. The highest BCUT2D eigenvalue weighted by atomic mass is 16.5. The second kappa shape index (κ2) is 6.63. The molecule has 4 unspecified atom stereocenters. The van der Waals surface area contributed by atoms with E-state index in [1.807, 2.05) is 0 Å². The first-order valence-electron chi connectivity index (χ1n) is 11.3. The summed E-state index contributed by atoms with van der Waals surface area (Å²) in [4.78, 5) is 2.50. The highest BCUT2D eigenvalue weighted by Gasteiger charge is 2.45. The first kappa shape index (κ1) is 18.1. The Bertz CT molecular complexity index is 1090. The molecule has 0 radical (unpaired) electrons. The Labute approximate surface area is 179 Å². The largest absolute Gasteiger partial charge is 0.485 e. The third kappa shape index (κ3) is 2.62.